The van der Waals surface area contributed by atoms with Crippen LogP contribution < -0.4 is 11.1 Å². The molecule has 1 amide bonds. The molecule has 3 atom stereocenters. The summed E-state index contributed by atoms with van der Waals surface area (Å²) < 4.78 is 0. The van der Waals surface area contributed by atoms with Gasteiger partial charge in [0.25, 0.3) is 0 Å². The lowest BCUT2D eigenvalue weighted by atomic mass is 9.61. The fraction of sp³-hybridized carbons (Fsp3) is 0.786. The van der Waals surface area contributed by atoms with Crippen LogP contribution in [-0.4, -0.2) is 18.5 Å². The van der Waals surface area contributed by atoms with E-state index in [0.717, 1.165) is 19.3 Å². The van der Waals surface area contributed by atoms with Crippen molar-refractivity contribution in [1.82, 2.24) is 5.32 Å². The Bertz CT molecular complexity index is 286. The summed E-state index contributed by atoms with van der Waals surface area (Å²) in [5.41, 5.74) is 6.07. The van der Waals surface area contributed by atoms with Crippen molar-refractivity contribution in [3.63, 3.8) is 0 Å². The molecule has 1 aliphatic rings. The highest BCUT2D eigenvalue weighted by Gasteiger charge is 2.44. The molecule has 1 rings (SSSR count). The molecule has 98 valence electrons. The Hall–Kier alpha value is -0.830. The van der Waals surface area contributed by atoms with Crippen LogP contribution >= 0.6 is 0 Å². The summed E-state index contributed by atoms with van der Waals surface area (Å²) in [6, 6.07) is 0.224. The molecule has 3 N–H and O–H groups in total. The van der Waals surface area contributed by atoms with E-state index in [1.165, 1.54) is 0 Å². The van der Waals surface area contributed by atoms with E-state index in [4.69, 9.17) is 5.73 Å². The molecule has 0 radical (unpaired) electrons. The van der Waals surface area contributed by atoms with Gasteiger partial charge in [-0.15, -0.1) is 6.58 Å². The Balaban J connectivity index is 2.63. The first-order chi connectivity index (χ1) is 7.91. The number of hydrogen-bond donors (Lipinski definition) is 2. The van der Waals surface area contributed by atoms with E-state index in [2.05, 4.69) is 32.7 Å². The molecule has 0 aromatic heterocycles. The predicted molar refractivity (Wildman–Crippen MR) is 71.5 cm³/mol. The van der Waals surface area contributed by atoms with Gasteiger partial charge >= 0.3 is 0 Å². The molecule has 3 unspecified atom stereocenters. The van der Waals surface area contributed by atoms with Gasteiger partial charge in [0.05, 0.1) is 0 Å². The molecule has 3 heteroatoms. The van der Waals surface area contributed by atoms with Gasteiger partial charge in [-0.25, -0.2) is 0 Å². The van der Waals surface area contributed by atoms with Crippen LogP contribution in [0.5, 0.6) is 0 Å². The maximum Gasteiger partial charge on any atom is 0.223 e. The quantitative estimate of drug-likeness (QED) is 0.582. The van der Waals surface area contributed by atoms with Crippen molar-refractivity contribution in [3.05, 3.63) is 12.7 Å². The molecule has 0 saturated heterocycles. The number of carbonyl (C=O) groups excluding carboxylic acids is 1. The summed E-state index contributed by atoms with van der Waals surface area (Å²) in [5, 5.41) is 2.99. The number of nitrogens with one attached hydrogen (secondary N) is 1. The molecule has 0 aromatic carbocycles. The van der Waals surface area contributed by atoms with Crippen LogP contribution in [0.1, 0.15) is 40.0 Å². The Kier molecular flexibility index (Phi) is 4.75. The number of hydrogen-bond acceptors (Lipinski definition) is 2. The van der Waals surface area contributed by atoms with Crippen molar-refractivity contribution in [3.8, 4) is 0 Å². The van der Waals surface area contributed by atoms with Crippen LogP contribution in [0.4, 0.5) is 0 Å². The summed E-state index contributed by atoms with van der Waals surface area (Å²) >= 11 is 0. The maximum absolute atomic E-state index is 12.2. The second kappa shape index (κ2) is 5.67. The van der Waals surface area contributed by atoms with Crippen molar-refractivity contribution in [2.75, 3.05) is 6.54 Å². The summed E-state index contributed by atoms with van der Waals surface area (Å²) in [6.45, 7) is 10.8. The Morgan fingerprint density at radius 2 is 2.18 bits per heavy atom. The second-order valence-corrected chi connectivity index (χ2v) is 5.77. The minimum absolute atomic E-state index is 0.0179. The molecular formula is C14H26N2O. The van der Waals surface area contributed by atoms with Crippen molar-refractivity contribution < 1.29 is 4.79 Å². The molecule has 1 aliphatic carbocycles. The van der Waals surface area contributed by atoms with Gasteiger partial charge in [0.15, 0.2) is 0 Å². The first kappa shape index (κ1) is 14.2. The fourth-order valence-electron chi connectivity index (χ4n) is 2.74. The number of amides is 1. The highest BCUT2D eigenvalue weighted by atomic mass is 16.1. The van der Waals surface area contributed by atoms with Gasteiger partial charge in [0.2, 0.25) is 5.91 Å². The van der Waals surface area contributed by atoms with Crippen molar-refractivity contribution in [2.24, 2.45) is 23.0 Å². The highest BCUT2D eigenvalue weighted by Crippen LogP contribution is 2.44. The smallest absolute Gasteiger partial charge is 0.223 e. The Morgan fingerprint density at radius 3 is 2.76 bits per heavy atom. The third-order valence-electron chi connectivity index (χ3n) is 4.47. The predicted octanol–water partition coefficient (Wildman–Crippen LogP) is 2.08. The maximum atomic E-state index is 12.2. The topological polar surface area (TPSA) is 55.1 Å². The lowest BCUT2D eigenvalue weighted by molar-refractivity contribution is -0.132. The molecule has 17 heavy (non-hydrogen) atoms. The summed E-state index contributed by atoms with van der Waals surface area (Å²) in [4.78, 5) is 12.2. The molecule has 0 spiro atoms. The van der Waals surface area contributed by atoms with Gasteiger partial charge < -0.3 is 11.1 Å². The summed E-state index contributed by atoms with van der Waals surface area (Å²) in [7, 11) is 0. The van der Waals surface area contributed by atoms with E-state index in [1.54, 1.807) is 0 Å². The van der Waals surface area contributed by atoms with Crippen molar-refractivity contribution in [1.29, 1.82) is 0 Å². The van der Waals surface area contributed by atoms with Crippen LogP contribution in [0.15, 0.2) is 12.7 Å². The second-order valence-electron chi connectivity index (χ2n) is 5.77. The van der Waals surface area contributed by atoms with Gasteiger partial charge in [-0.2, -0.15) is 0 Å². The summed E-state index contributed by atoms with van der Waals surface area (Å²) in [6.07, 6.45) is 4.50. The van der Waals surface area contributed by atoms with Crippen LogP contribution in [0, 0.1) is 17.3 Å². The minimum Gasteiger partial charge on any atom is -0.356 e. The molecule has 0 aromatic rings. The number of rotatable bonds is 4. The normalized spacial score (nSPS) is 31.9. The van der Waals surface area contributed by atoms with Crippen LogP contribution in [-0.2, 0) is 4.79 Å². The molecule has 1 fully saturated rings. The SMILES string of the molecule is C=CCCNC(=O)C1CCC(N)C(C)C1(C)C. The zero-order chi connectivity index (χ0) is 13.1. The Labute approximate surface area is 105 Å². The van der Waals surface area contributed by atoms with Crippen molar-refractivity contribution in [2.45, 2.75) is 46.1 Å². The average molecular weight is 238 g/mol. The van der Waals surface area contributed by atoms with Gasteiger partial charge in [0, 0.05) is 18.5 Å². The standard InChI is InChI=1S/C14H26N2O/c1-5-6-9-16-13(17)11-7-8-12(15)10(2)14(11,3)4/h5,10-12H,1,6-9,15H2,2-4H3,(H,16,17). The zero-order valence-electron chi connectivity index (χ0n) is 11.3. The largest absolute Gasteiger partial charge is 0.356 e. The third-order valence-corrected chi connectivity index (χ3v) is 4.47. The van der Waals surface area contributed by atoms with Gasteiger partial charge in [0.1, 0.15) is 0 Å². The van der Waals surface area contributed by atoms with E-state index >= 15 is 0 Å². The van der Waals surface area contributed by atoms with E-state index in [9.17, 15) is 4.79 Å². The molecule has 3 nitrogen and oxygen atoms in total. The first-order valence-electron chi connectivity index (χ1n) is 6.55. The Morgan fingerprint density at radius 1 is 1.53 bits per heavy atom. The van der Waals surface area contributed by atoms with Crippen LogP contribution in [0.2, 0.25) is 0 Å². The van der Waals surface area contributed by atoms with Gasteiger partial charge in [-0.3, -0.25) is 4.79 Å². The number of nitrogens with two attached hydrogens (primary N) is 1. The van der Waals surface area contributed by atoms with Crippen LogP contribution in [0.25, 0.3) is 0 Å². The molecule has 0 aliphatic heterocycles. The minimum atomic E-state index is -0.0179. The fourth-order valence-corrected chi connectivity index (χ4v) is 2.74. The van der Waals surface area contributed by atoms with E-state index in [1.807, 2.05) is 6.08 Å². The number of carbonyl (C=O) groups is 1. The van der Waals surface area contributed by atoms with Crippen molar-refractivity contribution >= 4 is 5.91 Å². The molecule has 0 heterocycles. The van der Waals surface area contributed by atoms with Gasteiger partial charge in [-0.1, -0.05) is 26.8 Å². The van der Waals surface area contributed by atoms with E-state index in [-0.39, 0.29) is 23.3 Å². The third kappa shape index (κ3) is 3.09. The highest BCUT2D eigenvalue weighted by molar-refractivity contribution is 5.79. The van der Waals surface area contributed by atoms with E-state index < -0.39 is 0 Å². The van der Waals surface area contributed by atoms with Gasteiger partial charge in [-0.05, 0) is 30.6 Å². The van der Waals surface area contributed by atoms with E-state index in [0.29, 0.717) is 12.5 Å². The zero-order valence-corrected chi connectivity index (χ0v) is 11.3. The lowest BCUT2D eigenvalue weighted by Gasteiger charge is -2.46. The molecule has 0 bridgehead atoms. The first-order valence-corrected chi connectivity index (χ1v) is 6.55. The summed E-state index contributed by atoms with van der Waals surface area (Å²) in [5.74, 6) is 0.643. The molecule has 1 saturated carbocycles. The monoisotopic (exact) mass is 238 g/mol. The lowest BCUT2D eigenvalue weighted by Crippen LogP contribution is -2.51. The van der Waals surface area contributed by atoms with Crippen LogP contribution in [0.3, 0.4) is 0 Å². The average Bonchev–Trinajstić information content (AvgIpc) is 2.26. The molecular weight excluding hydrogens is 212 g/mol.